The van der Waals surface area contributed by atoms with Crippen LogP contribution in [-0.4, -0.2) is 59.4 Å². The first-order valence-electron chi connectivity index (χ1n) is 13.4. The van der Waals surface area contributed by atoms with Crippen molar-refractivity contribution in [1.29, 1.82) is 0 Å². The van der Waals surface area contributed by atoms with E-state index in [0.717, 1.165) is 38.6 Å². The van der Waals surface area contributed by atoms with Gasteiger partial charge in [0.25, 0.3) is 0 Å². The largest absolute Gasteiger partial charge is 0.459 e. The number of fused-ring (bicyclic) bond motifs is 2. The molecule has 0 amide bonds. The second-order valence-corrected chi connectivity index (χ2v) is 12.5. The fourth-order valence-electron chi connectivity index (χ4n) is 5.01. The molecule has 3 aromatic heterocycles. The first-order chi connectivity index (χ1) is 20.7. The molecule has 3 heterocycles. The number of hydrogen-bond donors (Lipinski definition) is 1. The Morgan fingerprint density at radius 1 is 1.07 bits per heavy atom. The molecule has 43 heavy (non-hydrogen) atoms. The van der Waals surface area contributed by atoms with Gasteiger partial charge in [0.15, 0.2) is 0 Å². The van der Waals surface area contributed by atoms with Gasteiger partial charge in [-0.25, -0.2) is 22.8 Å². The van der Waals surface area contributed by atoms with Crippen LogP contribution < -0.4 is 5.32 Å². The highest BCUT2D eigenvalue weighted by molar-refractivity contribution is 7.90. The summed E-state index contributed by atoms with van der Waals surface area (Å²) in [6.07, 6.45) is 4.46. The van der Waals surface area contributed by atoms with E-state index in [1.54, 1.807) is 25.4 Å². The topological polar surface area (TPSA) is 115 Å². The summed E-state index contributed by atoms with van der Waals surface area (Å²) in [5.74, 6) is 1.22. The molecule has 3 aromatic carbocycles. The number of nitrogens with one attached hydrogen (secondary N) is 1. The third-order valence-electron chi connectivity index (χ3n) is 7.19. The van der Waals surface area contributed by atoms with Crippen LogP contribution in [0.1, 0.15) is 17.4 Å². The van der Waals surface area contributed by atoms with E-state index < -0.39 is 15.9 Å². The van der Waals surface area contributed by atoms with Crippen molar-refractivity contribution in [2.24, 2.45) is 0 Å². The lowest BCUT2D eigenvalue weighted by Gasteiger charge is -2.23. The van der Waals surface area contributed by atoms with Crippen LogP contribution in [0.5, 0.6) is 0 Å². The third-order valence-corrected chi connectivity index (χ3v) is 8.11. The second-order valence-electron chi connectivity index (χ2n) is 10.3. The lowest BCUT2D eigenvalue weighted by atomic mass is 10.1. The molecule has 0 saturated heterocycles. The van der Waals surface area contributed by atoms with Crippen LogP contribution in [0, 0.1) is 5.82 Å². The molecule has 0 bridgehead atoms. The number of rotatable bonds is 10. The summed E-state index contributed by atoms with van der Waals surface area (Å²) in [6, 6.07) is 21.1. The van der Waals surface area contributed by atoms with Gasteiger partial charge in [-0.2, -0.15) is 10.2 Å². The van der Waals surface area contributed by atoms with Gasteiger partial charge in [0, 0.05) is 35.3 Å². The van der Waals surface area contributed by atoms with Crippen molar-refractivity contribution in [2.45, 2.75) is 12.6 Å². The number of aromatic nitrogens is 4. The number of benzene rings is 3. The van der Waals surface area contributed by atoms with Gasteiger partial charge in [0.05, 0.1) is 36.6 Å². The van der Waals surface area contributed by atoms with Crippen LogP contribution in [0.4, 0.5) is 15.9 Å². The molecule has 0 aliphatic rings. The predicted octanol–water partition coefficient (Wildman–Crippen LogP) is 5.75. The minimum absolute atomic E-state index is 0.155. The van der Waals surface area contributed by atoms with Crippen molar-refractivity contribution >= 4 is 43.1 Å². The highest BCUT2D eigenvalue weighted by Gasteiger charge is 2.26. The second kappa shape index (κ2) is 11.6. The average molecular weight is 601 g/mol. The molecule has 0 aliphatic carbocycles. The number of furan rings is 1. The molecule has 10 nitrogen and oxygen atoms in total. The lowest BCUT2D eigenvalue weighted by Crippen LogP contribution is -2.29. The number of nitrogens with zero attached hydrogens (tertiary/aromatic N) is 5. The van der Waals surface area contributed by atoms with Crippen molar-refractivity contribution in [1.82, 2.24) is 24.8 Å². The van der Waals surface area contributed by atoms with E-state index in [0.29, 0.717) is 23.9 Å². The number of sulfone groups is 1. The van der Waals surface area contributed by atoms with Crippen molar-refractivity contribution in [2.75, 3.05) is 31.5 Å². The Morgan fingerprint density at radius 3 is 2.72 bits per heavy atom. The molecule has 0 aliphatic heterocycles. The summed E-state index contributed by atoms with van der Waals surface area (Å²) >= 11 is 0. The molecule has 1 atom stereocenters. The van der Waals surface area contributed by atoms with E-state index in [1.807, 2.05) is 53.2 Å². The Labute approximate surface area is 247 Å². The van der Waals surface area contributed by atoms with Crippen molar-refractivity contribution in [3.8, 4) is 11.3 Å². The van der Waals surface area contributed by atoms with Crippen molar-refractivity contribution in [3.63, 3.8) is 0 Å². The molecule has 6 aromatic rings. The fourth-order valence-corrected chi connectivity index (χ4v) is 5.96. The van der Waals surface area contributed by atoms with E-state index in [4.69, 9.17) is 9.25 Å². The normalized spacial score (nSPS) is 12.8. The summed E-state index contributed by atoms with van der Waals surface area (Å²) < 4.78 is 45.7. The summed E-state index contributed by atoms with van der Waals surface area (Å²) in [7, 11) is -0.157. The number of anilines is 2. The molecule has 12 heteroatoms. The number of hydroxylamine groups is 2. The lowest BCUT2D eigenvalue weighted by molar-refractivity contribution is -0.140. The molecule has 0 saturated carbocycles. The monoisotopic (exact) mass is 600 g/mol. The summed E-state index contributed by atoms with van der Waals surface area (Å²) in [6.45, 7) is 0.457. The maximum Gasteiger partial charge on any atom is 0.149 e. The Bertz CT molecular complexity index is 2040. The Balaban J connectivity index is 1.28. The SMILES string of the molecule is CON(C)[C@H](CS(C)(=O)=O)c1ccc(-c2ccc3ncnc(Nc4ccc5c(cnn5Cc5cccc(F)c5)c4)c3c2)o1. The molecular weight excluding hydrogens is 571 g/mol. The summed E-state index contributed by atoms with van der Waals surface area (Å²) in [4.78, 5) is 14.2. The van der Waals surface area contributed by atoms with Gasteiger partial charge in [0.2, 0.25) is 0 Å². The summed E-state index contributed by atoms with van der Waals surface area (Å²) in [5.41, 5.74) is 4.09. The first kappa shape index (κ1) is 28.5. The van der Waals surface area contributed by atoms with E-state index >= 15 is 0 Å². The molecule has 220 valence electrons. The average Bonchev–Trinajstić information content (AvgIpc) is 3.63. The van der Waals surface area contributed by atoms with Crippen LogP contribution in [0.3, 0.4) is 0 Å². The zero-order chi connectivity index (χ0) is 30.1. The minimum Gasteiger partial charge on any atom is -0.459 e. The molecule has 0 spiro atoms. The maximum atomic E-state index is 13.7. The van der Waals surface area contributed by atoms with E-state index in [1.165, 1.54) is 36.9 Å². The molecule has 0 radical (unpaired) electrons. The number of halogens is 1. The highest BCUT2D eigenvalue weighted by Crippen LogP contribution is 2.33. The first-order valence-corrected chi connectivity index (χ1v) is 15.5. The summed E-state index contributed by atoms with van der Waals surface area (Å²) in [5, 5.41) is 11.1. The van der Waals surface area contributed by atoms with Crippen LogP contribution in [-0.2, 0) is 21.2 Å². The molecule has 6 rings (SSSR count). The quantitative estimate of drug-likeness (QED) is 0.196. The smallest absolute Gasteiger partial charge is 0.149 e. The third kappa shape index (κ3) is 6.26. The standard InChI is InChI=1S/C31H29FN6O4S/c1-37(41-2)28(18-43(3,39)40)30-12-11-29(42-30)21-7-9-26-25(15-21)31(34-19-33-26)36-24-8-10-27-22(14-24)16-35-38(27)17-20-5-4-6-23(32)13-20/h4-16,19,28H,17-18H2,1-3H3,(H,33,34,36)/t28-/m1/s1. The van der Waals surface area contributed by atoms with Crippen LogP contribution in [0.25, 0.3) is 33.1 Å². The van der Waals surface area contributed by atoms with Crippen molar-refractivity contribution in [3.05, 3.63) is 102 Å². The van der Waals surface area contributed by atoms with Gasteiger partial charge >= 0.3 is 0 Å². The van der Waals surface area contributed by atoms with Gasteiger partial charge < -0.3 is 14.6 Å². The van der Waals surface area contributed by atoms with Crippen LogP contribution in [0.2, 0.25) is 0 Å². The van der Waals surface area contributed by atoms with Crippen molar-refractivity contribution < 1.29 is 22.1 Å². The van der Waals surface area contributed by atoms with Gasteiger partial charge in [0.1, 0.15) is 45.4 Å². The van der Waals surface area contributed by atoms with E-state index in [2.05, 4.69) is 20.4 Å². The van der Waals surface area contributed by atoms with Crippen LogP contribution in [0.15, 0.2) is 89.7 Å². The van der Waals surface area contributed by atoms with Gasteiger partial charge in [-0.15, -0.1) is 0 Å². The van der Waals surface area contributed by atoms with Gasteiger partial charge in [-0.3, -0.25) is 4.68 Å². The number of hydrogen-bond acceptors (Lipinski definition) is 9. The van der Waals surface area contributed by atoms with Gasteiger partial charge in [-0.1, -0.05) is 12.1 Å². The van der Waals surface area contributed by atoms with E-state index in [-0.39, 0.29) is 11.6 Å². The minimum atomic E-state index is -3.30. The zero-order valence-electron chi connectivity index (χ0n) is 23.7. The molecule has 1 N–H and O–H groups in total. The Morgan fingerprint density at radius 2 is 1.93 bits per heavy atom. The van der Waals surface area contributed by atoms with Crippen LogP contribution >= 0.6 is 0 Å². The molecular formula is C31H29FN6O4S. The molecule has 0 fully saturated rings. The van der Waals surface area contributed by atoms with Gasteiger partial charge in [-0.05, 0) is 66.2 Å². The molecule has 0 unspecified atom stereocenters. The Hall–Kier alpha value is -4.65. The maximum absolute atomic E-state index is 13.7. The van der Waals surface area contributed by atoms with E-state index in [9.17, 15) is 12.8 Å². The zero-order valence-corrected chi connectivity index (χ0v) is 24.5. The Kier molecular flexibility index (Phi) is 7.65. The fraction of sp³-hybridized carbons (Fsp3) is 0.194. The highest BCUT2D eigenvalue weighted by atomic mass is 32.2. The predicted molar refractivity (Wildman–Crippen MR) is 163 cm³/mol.